The molecular formula is C16H17F2NO. The molecule has 1 atom stereocenters. The average Bonchev–Trinajstić information content (AvgIpc) is 2.44. The molecule has 0 spiro atoms. The minimum atomic E-state index is -0.569. The third-order valence-electron chi connectivity index (χ3n) is 3.20. The van der Waals surface area contributed by atoms with E-state index in [0.29, 0.717) is 12.1 Å². The zero-order valence-corrected chi connectivity index (χ0v) is 11.2. The van der Waals surface area contributed by atoms with E-state index < -0.39 is 11.6 Å². The van der Waals surface area contributed by atoms with Crippen LogP contribution in [0.15, 0.2) is 42.5 Å². The van der Waals surface area contributed by atoms with E-state index in [4.69, 9.17) is 5.11 Å². The van der Waals surface area contributed by atoms with Crippen molar-refractivity contribution in [3.8, 4) is 0 Å². The van der Waals surface area contributed by atoms with Crippen molar-refractivity contribution >= 4 is 0 Å². The molecule has 0 saturated heterocycles. The minimum absolute atomic E-state index is 0.0205. The van der Waals surface area contributed by atoms with Gasteiger partial charge in [-0.25, -0.2) is 8.78 Å². The maximum absolute atomic E-state index is 13.1. The molecule has 0 aromatic heterocycles. The molecule has 106 valence electrons. The first kappa shape index (κ1) is 14.6. The molecule has 4 heteroatoms. The number of halogens is 2. The molecule has 2 N–H and O–H groups in total. The van der Waals surface area contributed by atoms with Gasteiger partial charge in [0.05, 0.1) is 6.61 Å². The van der Waals surface area contributed by atoms with E-state index in [1.165, 1.54) is 12.1 Å². The molecule has 20 heavy (non-hydrogen) atoms. The molecule has 2 nitrogen and oxygen atoms in total. The fourth-order valence-corrected chi connectivity index (χ4v) is 1.98. The Labute approximate surface area is 117 Å². The van der Waals surface area contributed by atoms with Gasteiger partial charge in [-0.2, -0.15) is 0 Å². The van der Waals surface area contributed by atoms with Gasteiger partial charge in [-0.05, 0) is 35.7 Å². The summed E-state index contributed by atoms with van der Waals surface area (Å²) in [4.78, 5) is 0. The van der Waals surface area contributed by atoms with Crippen LogP contribution in [0, 0.1) is 11.6 Å². The zero-order chi connectivity index (χ0) is 14.5. The summed E-state index contributed by atoms with van der Waals surface area (Å²) in [6.45, 7) is 2.47. The normalized spacial score (nSPS) is 12.4. The highest BCUT2D eigenvalue weighted by molar-refractivity contribution is 5.23. The number of hydrogen-bond acceptors (Lipinski definition) is 2. The summed E-state index contributed by atoms with van der Waals surface area (Å²) < 4.78 is 26.3. The van der Waals surface area contributed by atoms with Crippen molar-refractivity contribution in [2.45, 2.75) is 26.1 Å². The maximum Gasteiger partial charge on any atom is 0.126 e. The molecule has 0 aliphatic carbocycles. The Morgan fingerprint density at radius 2 is 1.55 bits per heavy atom. The zero-order valence-electron chi connectivity index (χ0n) is 11.2. The van der Waals surface area contributed by atoms with Gasteiger partial charge in [-0.1, -0.05) is 24.3 Å². The van der Waals surface area contributed by atoms with Crippen molar-refractivity contribution in [3.63, 3.8) is 0 Å². The summed E-state index contributed by atoms with van der Waals surface area (Å²) in [6, 6.07) is 10.9. The molecular weight excluding hydrogens is 260 g/mol. The van der Waals surface area contributed by atoms with Gasteiger partial charge in [0, 0.05) is 18.7 Å². The lowest BCUT2D eigenvalue weighted by molar-refractivity contribution is 0.282. The molecule has 1 unspecified atom stereocenters. The van der Waals surface area contributed by atoms with Crippen LogP contribution in [-0.4, -0.2) is 5.11 Å². The van der Waals surface area contributed by atoms with Crippen LogP contribution in [0.4, 0.5) is 8.78 Å². The fraction of sp³-hybridized carbons (Fsp3) is 0.250. The van der Waals surface area contributed by atoms with Gasteiger partial charge in [0.1, 0.15) is 11.6 Å². The Hall–Kier alpha value is -1.78. The van der Waals surface area contributed by atoms with Crippen molar-refractivity contribution in [1.29, 1.82) is 0 Å². The summed E-state index contributed by atoms with van der Waals surface area (Å²) in [6.07, 6.45) is 0. The maximum atomic E-state index is 13.1. The second-order valence-corrected chi connectivity index (χ2v) is 4.78. The highest BCUT2D eigenvalue weighted by Gasteiger charge is 2.08. The van der Waals surface area contributed by atoms with E-state index in [1.807, 2.05) is 31.2 Å². The Morgan fingerprint density at radius 1 is 1.00 bits per heavy atom. The first-order valence-electron chi connectivity index (χ1n) is 6.46. The molecule has 0 amide bonds. The van der Waals surface area contributed by atoms with Crippen LogP contribution in [0.3, 0.4) is 0 Å². The van der Waals surface area contributed by atoms with Gasteiger partial charge < -0.3 is 10.4 Å². The van der Waals surface area contributed by atoms with E-state index in [2.05, 4.69) is 5.32 Å². The predicted octanol–water partition coefficient (Wildman–Crippen LogP) is 3.31. The predicted molar refractivity (Wildman–Crippen MR) is 74.0 cm³/mol. The van der Waals surface area contributed by atoms with Gasteiger partial charge in [-0.15, -0.1) is 0 Å². The third-order valence-corrected chi connectivity index (χ3v) is 3.20. The van der Waals surface area contributed by atoms with Crippen molar-refractivity contribution in [2.75, 3.05) is 0 Å². The fourth-order valence-electron chi connectivity index (χ4n) is 1.98. The largest absolute Gasteiger partial charge is 0.392 e. The SMILES string of the molecule is CC(NCc1ccc(CO)cc1)c1cc(F)cc(F)c1. The van der Waals surface area contributed by atoms with Gasteiger partial charge in [0.15, 0.2) is 0 Å². The lowest BCUT2D eigenvalue weighted by atomic mass is 10.1. The summed E-state index contributed by atoms with van der Waals surface area (Å²) >= 11 is 0. The van der Waals surface area contributed by atoms with Gasteiger partial charge in [0.25, 0.3) is 0 Å². The van der Waals surface area contributed by atoms with Crippen molar-refractivity contribution < 1.29 is 13.9 Å². The van der Waals surface area contributed by atoms with Gasteiger partial charge in [0.2, 0.25) is 0 Å². The summed E-state index contributed by atoms with van der Waals surface area (Å²) in [5.74, 6) is -1.14. The van der Waals surface area contributed by atoms with E-state index in [1.54, 1.807) is 0 Å². The first-order chi connectivity index (χ1) is 9.58. The Bertz CT molecular complexity index is 549. The number of hydrogen-bond donors (Lipinski definition) is 2. The van der Waals surface area contributed by atoms with E-state index in [-0.39, 0.29) is 12.6 Å². The van der Waals surface area contributed by atoms with Crippen LogP contribution in [0.25, 0.3) is 0 Å². The first-order valence-corrected chi connectivity index (χ1v) is 6.46. The smallest absolute Gasteiger partial charge is 0.126 e. The average molecular weight is 277 g/mol. The number of aliphatic hydroxyl groups excluding tert-OH is 1. The lowest BCUT2D eigenvalue weighted by Crippen LogP contribution is -2.18. The topological polar surface area (TPSA) is 32.3 Å². The molecule has 0 radical (unpaired) electrons. The third kappa shape index (κ3) is 3.85. The molecule has 0 aliphatic rings. The van der Waals surface area contributed by atoms with Crippen LogP contribution in [0.5, 0.6) is 0 Å². The van der Waals surface area contributed by atoms with Crippen LogP contribution in [-0.2, 0) is 13.2 Å². The standard InChI is InChI=1S/C16H17F2NO/c1-11(14-6-15(17)8-16(18)7-14)19-9-12-2-4-13(10-20)5-3-12/h2-8,11,19-20H,9-10H2,1H3. The molecule has 2 rings (SSSR count). The molecule has 2 aromatic rings. The van der Waals surface area contributed by atoms with Crippen molar-refractivity contribution in [1.82, 2.24) is 5.32 Å². The van der Waals surface area contributed by atoms with E-state index >= 15 is 0 Å². The monoisotopic (exact) mass is 277 g/mol. The molecule has 0 bridgehead atoms. The van der Waals surface area contributed by atoms with Crippen LogP contribution in [0.2, 0.25) is 0 Å². The van der Waals surface area contributed by atoms with E-state index in [9.17, 15) is 8.78 Å². The van der Waals surface area contributed by atoms with Gasteiger partial charge >= 0.3 is 0 Å². The number of aliphatic hydroxyl groups is 1. The molecule has 0 fully saturated rings. The second-order valence-electron chi connectivity index (χ2n) is 4.78. The molecule has 2 aromatic carbocycles. The number of rotatable bonds is 5. The Kier molecular flexibility index (Phi) is 4.82. The van der Waals surface area contributed by atoms with Crippen molar-refractivity contribution in [3.05, 3.63) is 70.8 Å². The summed E-state index contributed by atoms with van der Waals surface area (Å²) in [5, 5.41) is 12.2. The molecule has 0 aliphatic heterocycles. The van der Waals surface area contributed by atoms with Crippen LogP contribution < -0.4 is 5.32 Å². The number of nitrogens with one attached hydrogen (secondary N) is 1. The quantitative estimate of drug-likeness (QED) is 0.879. The molecule has 0 saturated carbocycles. The minimum Gasteiger partial charge on any atom is -0.392 e. The van der Waals surface area contributed by atoms with Crippen LogP contribution >= 0.6 is 0 Å². The van der Waals surface area contributed by atoms with Crippen LogP contribution in [0.1, 0.15) is 29.7 Å². The lowest BCUT2D eigenvalue weighted by Gasteiger charge is -2.15. The number of benzene rings is 2. The second kappa shape index (κ2) is 6.59. The van der Waals surface area contributed by atoms with E-state index in [0.717, 1.165) is 17.2 Å². The summed E-state index contributed by atoms with van der Waals surface area (Å²) in [7, 11) is 0. The Morgan fingerprint density at radius 3 is 2.10 bits per heavy atom. The summed E-state index contributed by atoms with van der Waals surface area (Å²) in [5.41, 5.74) is 2.48. The highest BCUT2D eigenvalue weighted by atomic mass is 19.1. The van der Waals surface area contributed by atoms with Gasteiger partial charge in [-0.3, -0.25) is 0 Å². The Balaban J connectivity index is 1.98. The highest BCUT2D eigenvalue weighted by Crippen LogP contribution is 2.16. The van der Waals surface area contributed by atoms with Crippen molar-refractivity contribution in [2.24, 2.45) is 0 Å². The molecule has 0 heterocycles.